The second kappa shape index (κ2) is 34.4. The lowest BCUT2D eigenvalue weighted by Gasteiger charge is -2.40. The summed E-state index contributed by atoms with van der Waals surface area (Å²) >= 11 is 0. The van der Waals surface area contributed by atoms with Crippen LogP contribution in [-0.4, -0.2) is 87.5 Å². The van der Waals surface area contributed by atoms with Crippen molar-refractivity contribution in [1.82, 2.24) is 5.32 Å². The van der Waals surface area contributed by atoms with Crippen molar-refractivity contribution in [2.45, 2.75) is 198 Å². The van der Waals surface area contributed by atoms with E-state index in [1.807, 2.05) is 6.08 Å². The van der Waals surface area contributed by atoms with Crippen LogP contribution in [0, 0.1) is 0 Å². The Morgan fingerprint density at radius 2 is 1.11 bits per heavy atom. The number of amides is 1. The van der Waals surface area contributed by atoms with Crippen LogP contribution in [0.25, 0.3) is 0 Å². The van der Waals surface area contributed by atoms with E-state index in [4.69, 9.17) is 9.47 Å². The third-order valence-electron chi connectivity index (χ3n) is 9.59. The number of unbranched alkanes of at least 4 members (excludes halogenated alkanes) is 15. The normalized spacial score (nSPS) is 22.3. The molecule has 9 heteroatoms. The average molecular weight is 748 g/mol. The van der Waals surface area contributed by atoms with Crippen molar-refractivity contribution in [2.75, 3.05) is 13.2 Å². The second-order valence-electron chi connectivity index (χ2n) is 14.4. The predicted molar refractivity (Wildman–Crippen MR) is 216 cm³/mol. The SMILES string of the molecule is CCCCCC=CCC=CCC=CCC=CCCCC(=O)N[C@@H](COC1OC(CO)C(O)C(O)C1O)[C@H](O)C=CCCCCCCCCCCCCC. The predicted octanol–water partition coefficient (Wildman–Crippen LogP) is 8.05. The van der Waals surface area contributed by atoms with Crippen LogP contribution in [0.4, 0.5) is 0 Å². The van der Waals surface area contributed by atoms with Crippen LogP contribution < -0.4 is 5.32 Å². The van der Waals surface area contributed by atoms with Crippen molar-refractivity contribution in [2.24, 2.45) is 0 Å². The van der Waals surface area contributed by atoms with Gasteiger partial charge in [-0.05, 0) is 57.8 Å². The molecule has 7 atom stereocenters. The summed E-state index contributed by atoms with van der Waals surface area (Å²) in [7, 11) is 0. The fourth-order valence-corrected chi connectivity index (χ4v) is 6.15. The zero-order valence-corrected chi connectivity index (χ0v) is 33.2. The topological polar surface area (TPSA) is 149 Å². The van der Waals surface area contributed by atoms with E-state index in [-0.39, 0.29) is 18.9 Å². The minimum atomic E-state index is -1.58. The van der Waals surface area contributed by atoms with Gasteiger partial charge in [-0.1, -0.05) is 152 Å². The van der Waals surface area contributed by atoms with Crippen molar-refractivity contribution in [3.8, 4) is 0 Å². The molecule has 0 aliphatic carbocycles. The molecule has 0 aromatic heterocycles. The summed E-state index contributed by atoms with van der Waals surface area (Å²) in [5.41, 5.74) is 0. The molecular weight excluding hydrogens is 670 g/mol. The number of ether oxygens (including phenoxy) is 2. The summed E-state index contributed by atoms with van der Waals surface area (Å²) in [4.78, 5) is 12.9. The first-order valence-corrected chi connectivity index (χ1v) is 21.0. The van der Waals surface area contributed by atoms with Crippen LogP contribution in [0.1, 0.15) is 155 Å². The summed E-state index contributed by atoms with van der Waals surface area (Å²) in [6.45, 7) is 3.68. The Kier molecular flexibility index (Phi) is 31.7. The molecule has 0 aromatic rings. The Bertz CT molecular complexity index is 1010. The molecule has 5 unspecified atom stereocenters. The lowest BCUT2D eigenvalue weighted by molar-refractivity contribution is -0.302. The minimum absolute atomic E-state index is 0.213. The molecule has 1 saturated heterocycles. The molecule has 53 heavy (non-hydrogen) atoms. The van der Waals surface area contributed by atoms with Gasteiger partial charge in [0.25, 0.3) is 0 Å². The average Bonchev–Trinajstić information content (AvgIpc) is 3.16. The van der Waals surface area contributed by atoms with Gasteiger partial charge in [0.1, 0.15) is 24.4 Å². The van der Waals surface area contributed by atoms with Gasteiger partial charge < -0.3 is 40.3 Å². The monoisotopic (exact) mass is 748 g/mol. The maximum Gasteiger partial charge on any atom is 0.220 e. The van der Waals surface area contributed by atoms with Gasteiger partial charge in [0.2, 0.25) is 5.91 Å². The van der Waals surface area contributed by atoms with Crippen molar-refractivity contribution < 1.29 is 39.8 Å². The fraction of sp³-hybridized carbons (Fsp3) is 0.750. The van der Waals surface area contributed by atoms with E-state index in [2.05, 4.69) is 67.8 Å². The van der Waals surface area contributed by atoms with Gasteiger partial charge in [-0.3, -0.25) is 4.79 Å². The molecule has 9 nitrogen and oxygen atoms in total. The Labute approximate surface area is 322 Å². The summed E-state index contributed by atoms with van der Waals surface area (Å²) in [5.74, 6) is -0.235. The third-order valence-corrected chi connectivity index (χ3v) is 9.59. The van der Waals surface area contributed by atoms with Gasteiger partial charge in [-0.2, -0.15) is 0 Å². The van der Waals surface area contributed by atoms with E-state index in [1.54, 1.807) is 6.08 Å². The summed E-state index contributed by atoms with van der Waals surface area (Å²) < 4.78 is 11.2. The Balaban J connectivity index is 2.47. The first-order chi connectivity index (χ1) is 25.8. The first-order valence-electron chi connectivity index (χ1n) is 21.0. The molecule has 1 fully saturated rings. The maximum absolute atomic E-state index is 12.9. The molecule has 1 aliphatic rings. The highest BCUT2D eigenvalue weighted by molar-refractivity contribution is 5.76. The molecule has 306 valence electrons. The molecule has 6 N–H and O–H groups in total. The summed E-state index contributed by atoms with van der Waals surface area (Å²) in [6.07, 6.45) is 36.9. The molecule has 1 aliphatic heterocycles. The zero-order chi connectivity index (χ0) is 38.8. The maximum atomic E-state index is 12.9. The second-order valence-corrected chi connectivity index (χ2v) is 14.4. The van der Waals surface area contributed by atoms with Crippen LogP contribution in [0.15, 0.2) is 60.8 Å². The number of aliphatic hydroxyl groups is 5. The lowest BCUT2D eigenvalue weighted by atomic mass is 9.99. The molecule has 0 bridgehead atoms. The van der Waals surface area contributed by atoms with Crippen LogP contribution in [0.3, 0.4) is 0 Å². The first kappa shape index (κ1) is 48.9. The smallest absolute Gasteiger partial charge is 0.220 e. The zero-order valence-electron chi connectivity index (χ0n) is 33.2. The van der Waals surface area contributed by atoms with Gasteiger partial charge in [0, 0.05) is 6.42 Å². The molecule has 0 radical (unpaired) electrons. The van der Waals surface area contributed by atoms with E-state index in [0.717, 1.165) is 44.9 Å². The largest absolute Gasteiger partial charge is 0.394 e. The highest BCUT2D eigenvalue weighted by atomic mass is 16.7. The number of hydrogen-bond donors (Lipinski definition) is 6. The van der Waals surface area contributed by atoms with Crippen LogP contribution in [-0.2, 0) is 14.3 Å². The summed E-state index contributed by atoms with van der Waals surface area (Å²) in [6, 6.07) is -0.833. The highest BCUT2D eigenvalue weighted by Crippen LogP contribution is 2.22. The number of allylic oxidation sites excluding steroid dienone is 9. The number of hydrogen-bond acceptors (Lipinski definition) is 8. The van der Waals surface area contributed by atoms with Crippen molar-refractivity contribution in [3.63, 3.8) is 0 Å². The minimum Gasteiger partial charge on any atom is -0.394 e. The number of nitrogens with one attached hydrogen (secondary N) is 1. The van der Waals surface area contributed by atoms with Gasteiger partial charge in [-0.15, -0.1) is 0 Å². The van der Waals surface area contributed by atoms with E-state index in [0.29, 0.717) is 6.42 Å². The van der Waals surface area contributed by atoms with Crippen LogP contribution in [0.5, 0.6) is 0 Å². The lowest BCUT2D eigenvalue weighted by Crippen LogP contribution is -2.60. The van der Waals surface area contributed by atoms with Gasteiger partial charge in [-0.25, -0.2) is 0 Å². The van der Waals surface area contributed by atoms with Gasteiger partial charge in [0.05, 0.1) is 25.4 Å². The van der Waals surface area contributed by atoms with Crippen LogP contribution in [0.2, 0.25) is 0 Å². The third kappa shape index (κ3) is 25.6. The highest BCUT2D eigenvalue weighted by Gasteiger charge is 2.44. The van der Waals surface area contributed by atoms with E-state index in [1.165, 1.54) is 83.5 Å². The van der Waals surface area contributed by atoms with Crippen molar-refractivity contribution in [1.29, 1.82) is 0 Å². The van der Waals surface area contributed by atoms with Crippen molar-refractivity contribution in [3.05, 3.63) is 60.8 Å². The van der Waals surface area contributed by atoms with E-state index in [9.17, 15) is 30.3 Å². The molecule has 1 heterocycles. The standard InChI is InChI=1S/C44H77NO8/c1-3-5-7-9-11-13-15-17-18-19-20-22-24-26-28-30-32-34-40(48)45-37(36-52-44-43(51)42(50)41(49)39(35-46)53-44)38(47)33-31-29-27-25-23-21-16-14-12-10-8-6-4-2/h11,13,17-18,20,22,26,28,31,33,37-39,41-44,46-47,49-51H,3-10,12,14-16,19,21,23-25,27,29-30,32,34-36H2,1-2H3,(H,45,48)/t37-,38+,39?,41?,42?,43?,44?/m0/s1. The van der Waals surface area contributed by atoms with Crippen LogP contribution >= 0.6 is 0 Å². The molecule has 0 saturated carbocycles. The molecule has 0 spiro atoms. The Hall–Kier alpha value is -2.11. The Morgan fingerprint density at radius 1 is 0.642 bits per heavy atom. The number of carbonyl (C=O) groups is 1. The van der Waals surface area contributed by atoms with Gasteiger partial charge in [0.15, 0.2) is 6.29 Å². The molecule has 1 rings (SSSR count). The molecular formula is C44H77NO8. The number of aliphatic hydroxyl groups excluding tert-OH is 5. The molecule has 1 amide bonds. The van der Waals surface area contributed by atoms with E-state index >= 15 is 0 Å². The fourth-order valence-electron chi connectivity index (χ4n) is 6.15. The Morgan fingerprint density at radius 3 is 1.68 bits per heavy atom. The number of carbonyl (C=O) groups excluding carboxylic acids is 1. The quantitative estimate of drug-likeness (QED) is 0.0292. The molecule has 0 aromatic carbocycles. The summed E-state index contributed by atoms with van der Waals surface area (Å²) in [5, 5.41) is 54.0. The van der Waals surface area contributed by atoms with E-state index < -0.39 is 49.5 Å². The van der Waals surface area contributed by atoms with Crippen molar-refractivity contribution >= 4 is 5.91 Å². The van der Waals surface area contributed by atoms with Gasteiger partial charge >= 0.3 is 0 Å². The number of rotatable bonds is 33.